The highest BCUT2D eigenvalue weighted by atomic mass is 127. The van der Waals surface area contributed by atoms with Gasteiger partial charge in [0.25, 0.3) is 0 Å². The van der Waals surface area contributed by atoms with Gasteiger partial charge in [0.2, 0.25) is 0 Å². The first-order valence-electron chi connectivity index (χ1n) is 8.92. The van der Waals surface area contributed by atoms with Crippen LogP contribution < -0.4 is 21.3 Å². The lowest BCUT2D eigenvalue weighted by Crippen LogP contribution is -2.36. The number of anilines is 1. The molecule has 2 aromatic rings. The molecule has 0 aliphatic carbocycles. The van der Waals surface area contributed by atoms with Crippen molar-refractivity contribution < 1.29 is 13.6 Å². The molecule has 0 radical (unpaired) electrons. The minimum Gasteiger partial charge on any atom is -0.352 e. The van der Waals surface area contributed by atoms with Crippen LogP contribution in [0.5, 0.6) is 0 Å². The predicted molar refractivity (Wildman–Crippen MR) is 123 cm³/mol. The van der Waals surface area contributed by atoms with Crippen molar-refractivity contribution in [3.63, 3.8) is 0 Å². The molecule has 2 amide bonds. The van der Waals surface area contributed by atoms with Gasteiger partial charge in [-0.2, -0.15) is 0 Å². The van der Waals surface area contributed by atoms with Crippen molar-refractivity contribution in [1.29, 1.82) is 0 Å². The lowest BCUT2D eigenvalue weighted by Gasteiger charge is -2.13. The van der Waals surface area contributed by atoms with Gasteiger partial charge in [-0.25, -0.2) is 13.6 Å². The van der Waals surface area contributed by atoms with Crippen LogP contribution in [0.3, 0.4) is 0 Å². The fraction of sp³-hybridized carbons (Fsp3) is 0.300. The van der Waals surface area contributed by atoms with E-state index in [2.05, 4.69) is 26.3 Å². The number of hydrogen-bond donors (Lipinski definition) is 4. The molecule has 2 aromatic carbocycles. The first-order chi connectivity index (χ1) is 13.4. The van der Waals surface area contributed by atoms with Crippen LogP contribution in [0.25, 0.3) is 0 Å². The predicted octanol–water partition coefficient (Wildman–Crippen LogP) is 3.98. The normalized spacial score (nSPS) is 10.9. The van der Waals surface area contributed by atoms with E-state index < -0.39 is 11.6 Å². The van der Waals surface area contributed by atoms with Gasteiger partial charge in [-0.05, 0) is 49.7 Å². The molecule has 158 valence electrons. The molecule has 29 heavy (non-hydrogen) atoms. The van der Waals surface area contributed by atoms with Crippen LogP contribution in [0.4, 0.5) is 19.3 Å². The quantitative estimate of drug-likeness (QED) is 0.266. The number of rotatable bonds is 6. The van der Waals surface area contributed by atoms with E-state index in [1.807, 2.05) is 26.0 Å². The van der Waals surface area contributed by atoms with E-state index in [4.69, 9.17) is 0 Å². The lowest BCUT2D eigenvalue weighted by atomic mass is 10.2. The number of nitrogens with zero attached hydrogens (tertiary/aromatic N) is 1. The molecule has 0 heterocycles. The van der Waals surface area contributed by atoms with Gasteiger partial charge in [0, 0.05) is 37.4 Å². The van der Waals surface area contributed by atoms with Gasteiger partial charge in [-0.15, -0.1) is 24.0 Å². The van der Waals surface area contributed by atoms with E-state index in [1.165, 1.54) is 0 Å². The van der Waals surface area contributed by atoms with Crippen LogP contribution in [-0.2, 0) is 13.1 Å². The van der Waals surface area contributed by atoms with Gasteiger partial charge < -0.3 is 21.3 Å². The molecule has 6 nitrogen and oxygen atoms in total. The number of carbonyl (C=O) groups excluding carboxylic acids is 1. The Morgan fingerprint density at radius 1 is 1.03 bits per heavy atom. The summed E-state index contributed by atoms with van der Waals surface area (Å²) in [6.07, 6.45) is 0. The molecule has 9 heteroatoms. The van der Waals surface area contributed by atoms with Crippen LogP contribution in [0, 0.1) is 11.6 Å². The molecule has 0 aromatic heterocycles. The SMILES string of the molecule is CN=C(NCc1ccc(NC(=O)NC(C)C)cc1)NCc1cc(F)ccc1F.I. The van der Waals surface area contributed by atoms with Crippen molar-refractivity contribution in [2.45, 2.75) is 33.0 Å². The Bertz CT molecular complexity index is 828. The second kappa shape index (κ2) is 12.2. The summed E-state index contributed by atoms with van der Waals surface area (Å²) in [5, 5.41) is 11.6. The number of guanidine groups is 1. The molecule has 0 aliphatic heterocycles. The standard InChI is InChI=1S/C20H25F2N5O.HI/c1-13(2)26-20(28)27-17-7-4-14(5-8-17)11-24-19(23-3)25-12-15-10-16(21)6-9-18(15)22;/h4-10,13H,11-12H2,1-3H3,(H2,23,24,25)(H2,26,27,28);1H. The smallest absolute Gasteiger partial charge is 0.319 e. The number of benzene rings is 2. The molecule has 4 N–H and O–H groups in total. The molecule has 0 unspecified atom stereocenters. The van der Waals surface area contributed by atoms with Crippen molar-refractivity contribution in [1.82, 2.24) is 16.0 Å². The summed E-state index contributed by atoms with van der Waals surface area (Å²) in [6.45, 7) is 4.36. The van der Waals surface area contributed by atoms with Gasteiger partial charge >= 0.3 is 6.03 Å². The third kappa shape index (κ3) is 8.63. The molecule has 0 fully saturated rings. The number of nitrogens with one attached hydrogen (secondary N) is 4. The Labute approximate surface area is 186 Å². The second-order valence-corrected chi connectivity index (χ2v) is 6.47. The van der Waals surface area contributed by atoms with Crippen molar-refractivity contribution in [2.75, 3.05) is 12.4 Å². The van der Waals surface area contributed by atoms with Gasteiger partial charge in [0.15, 0.2) is 5.96 Å². The van der Waals surface area contributed by atoms with E-state index in [1.54, 1.807) is 19.2 Å². The molecule has 0 bridgehead atoms. The summed E-state index contributed by atoms with van der Waals surface area (Å²) < 4.78 is 26.9. The van der Waals surface area contributed by atoms with Gasteiger partial charge in [0.05, 0.1) is 0 Å². The summed E-state index contributed by atoms with van der Waals surface area (Å²) in [7, 11) is 1.59. The van der Waals surface area contributed by atoms with Crippen molar-refractivity contribution >= 4 is 41.7 Å². The molecule has 0 saturated heterocycles. The topological polar surface area (TPSA) is 77.5 Å². The van der Waals surface area contributed by atoms with Crippen LogP contribution in [0.15, 0.2) is 47.5 Å². The molecule has 0 saturated carbocycles. The molecule has 0 atom stereocenters. The van der Waals surface area contributed by atoms with E-state index in [0.717, 1.165) is 23.8 Å². The molecular formula is C20H26F2IN5O. The Morgan fingerprint density at radius 3 is 2.31 bits per heavy atom. The molecular weight excluding hydrogens is 491 g/mol. The van der Waals surface area contributed by atoms with E-state index in [0.29, 0.717) is 18.2 Å². The fourth-order valence-electron chi connectivity index (χ4n) is 2.40. The monoisotopic (exact) mass is 517 g/mol. The maximum absolute atomic E-state index is 13.7. The zero-order valence-electron chi connectivity index (χ0n) is 16.6. The average Bonchev–Trinajstić information content (AvgIpc) is 2.65. The highest BCUT2D eigenvalue weighted by molar-refractivity contribution is 14.0. The van der Waals surface area contributed by atoms with Crippen molar-refractivity contribution in [3.8, 4) is 0 Å². The van der Waals surface area contributed by atoms with Gasteiger partial charge in [0.1, 0.15) is 11.6 Å². The van der Waals surface area contributed by atoms with Crippen molar-refractivity contribution in [2.24, 2.45) is 4.99 Å². The molecule has 0 spiro atoms. The van der Waals surface area contributed by atoms with Crippen LogP contribution in [-0.4, -0.2) is 25.1 Å². The number of urea groups is 1. The minimum absolute atomic E-state index is 0. The lowest BCUT2D eigenvalue weighted by molar-refractivity contribution is 0.250. The van der Waals surface area contributed by atoms with E-state index in [9.17, 15) is 13.6 Å². The summed E-state index contributed by atoms with van der Waals surface area (Å²) >= 11 is 0. The summed E-state index contributed by atoms with van der Waals surface area (Å²) in [5.74, 6) is -0.506. The van der Waals surface area contributed by atoms with Crippen LogP contribution in [0.2, 0.25) is 0 Å². The fourth-order valence-corrected chi connectivity index (χ4v) is 2.40. The Balaban J connectivity index is 0.00000420. The summed E-state index contributed by atoms with van der Waals surface area (Å²) in [6, 6.07) is 10.5. The van der Waals surface area contributed by atoms with Crippen molar-refractivity contribution in [3.05, 3.63) is 65.2 Å². The number of hydrogen-bond acceptors (Lipinski definition) is 2. The molecule has 2 rings (SSSR count). The van der Waals surface area contributed by atoms with E-state index >= 15 is 0 Å². The first kappa shape index (κ1) is 24.6. The maximum atomic E-state index is 13.7. The number of carbonyl (C=O) groups is 1. The zero-order chi connectivity index (χ0) is 20.5. The Kier molecular flexibility index (Phi) is 10.4. The molecule has 0 aliphatic rings. The third-order valence-electron chi connectivity index (χ3n) is 3.77. The second-order valence-electron chi connectivity index (χ2n) is 6.47. The average molecular weight is 517 g/mol. The minimum atomic E-state index is -0.489. The van der Waals surface area contributed by atoms with Gasteiger partial charge in [-0.1, -0.05) is 12.1 Å². The van der Waals surface area contributed by atoms with E-state index in [-0.39, 0.29) is 48.2 Å². The highest BCUT2D eigenvalue weighted by Gasteiger charge is 2.06. The third-order valence-corrected chi connectivity index (χ3v) is 3.77. The Hall–Kier alpha value is -2.43. The van der Waals surface area contributed by atoms with Crippen LogP contribution >= 0.6 is 24.0 Å². The zero-order valence-corrected chi connectivity index (χ0v) is 18.9. The highest BCUT2D eigenvalue weighted by Crippen LogP contribution is 2.10. The first-order valence-corrected chi connectivity index (χ1v) is 8.92. The largest absolute Gasteiger partial charge is 0.352 e. The number of halogens is 3. The summed E-state index contributed by atoms with van der Waals surface area (Å²) in [4.78, 5) is 15.8. The maximum Gasteiger partial charge on any atom is 0.319 e. The summed E-state index contributed by atoms with van der Waals surface area (Å²) in [5.41, 5.74) is 1.87. The number of aliphatic imine (C=N–C) groups is 1. The van der Waals surface area contributed by atoms with Gasteiger partial charge in [-0.3, -0.25) is 4.99 Å². The Morgan fingerprint density at radius 2 is 1.69 bits per heavy atom. The van der Waals surface area contributed by atoms with Crippen LogP contribution in [0.1, 0.15) is 25.0 Å². The number of amides is 2.